The van der Waals surface area contributed by atoms with E-state index in [1.54, 1.807) is 36.7 Å². The average molecular weight is 475 g/mol. The molecule has 1 saturated heterocycles. The van der Waals surface area contributed by atoms with Crippen LogP contribution in [0.1, 0.15) is 24.0 Å². The second kappa shape index (κ2) is 9.38. The second-order valence-electron chi connectivity index (χ2n) is 8.35. The van der Waals surface area contributed by atoms with E-state index in [2.05, 4.69) is 32.4 Å². The number of nitrogens with one attached hydrogen (secondary N) is 2. The first-order chi connectivity index (χ1) is 16.5. The molecular formula is C25H26N6O2S. The van der Waals surface area contributed by atoms with Crippen LogP contribution in [-0.2, 0) is 10.0 Å². The number of fused-ring (bicyclic) bond motifs is 1. The number of nitrogens with two attached hydrogens (primary N) is 1. The monoisotopic (exact) mass is 474 g/mol. The van der Waals surface area contributed by atoms with E-state index >= 15 is 0 Å². The zero-order valence-corrected chi connectivity index (χ0v) is 19.4. The predicted octanol–water partition coefficient (Wildman–Crippen LogP) is 3.98. The van der Waals surface area contributed by atoms with Gasteiger partial charge in [-0.05, 0) is 54.8 Å². The molecule has 0 saturated carbocycles. The van der Waals surface area contributed by atoms with E-state index in [-0.39, 0.29) is 10.9 Å². The third-order valence-corrected chi connectivity index (χ3v) is 7.92. The summed E-state index contributed by atoms with van der Waals surface area (Å²) in [7, 11) is -3.51. The fourth-order valence-corrected chi connectivity index (χ4v) is 5.50. The molecule has 2 aromatic carbocycles. The maximum absolute atomic E-state index is 12.9. The molecule has 0 spiro atoms. The van der Waals surface area contributed by atoms with Gasteiger partial charge in [-0.2, -0.15) is 4.31 Å². The van der Waals surface area contributed by atoms with Crippen molar-refractivity contribution in [3.8, 4) is 0 Å². The van der Waals surface area contributed by atoms with Crippen molar-refractivity contribution in [3.05, 3.63) is 78.2 Å². The first-order valence-electron chi connectivity index (χ1n) is 11.2. The highest BCUT2D eigenvalue weighted by Crippen LogP contribution is 2.23. The molecule has 0 bridgehead atoms. The Hall–Kier alpha value is -3.53. The molecule has 2 aromatic heterocycles. The van der Waals surface area contributed by atoms with Crippen LogP contribution < -0.4 is 11.1 Å². The van der Waals surface area contributed by atoms with Crippen molar-refractivity contribution in [2.75, 3.05) is 18.4 Å². The summed E-state index contributed by atoms with van der Waals surface area (Å²) >= 11 is 0. The molecule has 1 aliphatic rings. The molecule has 0 radical (unpaired) electrons. The van der Waals surface area contributed by atoms with Gasteiger partial charge in [0.05, 0.1) is 4.90 Å². The molecule has 174 valence electrons. The van der Waals surface area contributed by atoms with E-state index in [0.717, 1.165) is 22.0 Å². The van der Waals surface area contributed by atoms with Gasteiger partial charge in [-0.25, -0.2) is 18.4 Å². The number of H-pyrrole nitrogens is 1. The highest BCUT2D eigenvalue weighted by molar-refractivity contribution is 7.89. The van der Waals surface area contributed by atoms with Gasteiger partial charge < -0.3 is 16.0 Å². The maximum atomic E-state index is 12.9. The molecule has 0 aliphatic carbocycles. The van der Waals surface area contributed by atoms with Crippen molar-refractivity contribution in [2.24, 2.45) is 5.73 Å². The fraction of sp³-hybridized carbons (Fsp3) is 0.200. The molecule has 0 unspecified atom stereocenters. The standard InChI is InChI=1S/C25H26N6O2S/c26-20-11-14-31(15-12-20)34(32,33)22-8-6-21(7-9-22)30-25-28-16-18(17-29-25)4-5-19-2-1-3-24-23(19)10-13-27-24/h1-10,13,16-17,20,27H,11-12,14-15,26H2,(H,28,29,30)/b5-4+. The van der Waals surface area contributed by atoms with Crippen LogP contribution in [0.5, 0.6) is 0 Å². The quantitative estimate of drug-likeness (QED) is 0.389. The zero-order valence-electron chi connectivity index (χ0n) is 18.6. The van der Waals surface area contributed by atoms with Gasteiger partial charge in [0.25, 0.3) is 0 Å². The topological polar surface area (TPSA) is 117 Å². The van der Waals surface area contributed by atoms with Gasteiger partial charge in [-0.15, -0.1) is 0 Å². The summed E-state index contributed by atoms with van der Waals surface area (Å²) in [5.74, 6) is 0.436. The lowest BCUT2D eigenvalue weighted by atomic mass is 10.1. The number of aromatic nitrogens is 3. The first-order valence-corrected chi connectivity index (χ1v) is 12.6. The summed E-state index contributed by atoms with van der Waals surface area (Å²) in [5.41, 5.74) is 9.69. The van der Waals surface area contributed by atoms with Crippen LogP contribution in [0.15, 0.2) is 72.0 Å². The van der Waals surface area contributed by atoms with Crippen molar-refractivity contribution in [3.63, 3.8) is 0 Å². The summed E-state index contributed by atoms with van der Waals surface area (Å²) in [6.45, 7) is 0.914. The van der Waals surface area contributed by atoms with Crippen LogP contribution in [0.3, 0.4) is 0 Å². The van der Waals surface area contributed by atoms with Gasteiger partial charge in [0.15, 0.2) is 0 Å². The van der Waals surface area contributed by atoms with Crippen molar-refractivity contribution in [1.29, 1.82) is 0 Å². The van der Waals surface area contributed by atoms with Gasteiger partial charge in [0.1, 0.15) is 0 Å². The van der Waals surface area contributed by atoms with Crippen molar-refractivity contribution >= 4 is 44.7 Å². The third kappa shape index (κ3) is 4.72. The number of hydrogen-bond donors (Lipinski definition) is 3. The van der Waals surface area contributed by atoms with Gasteiger partial charge in [-0.1, -0.05) is 24.3 Å². The number of piperidine rings is 1. The Morgan fingerprint density at radius 3 is 2.47 bits per heavy atom. The largest absolute Gasteiger partial charge is 0.361 e. The van der Waals surface area contributed by atoms with Crippen LogP contribution >= 0.6 is 0 Å². The van der Waals surface area contributed by atoms with Crippen LogP contribution in [0.4, 0.5) is 11.6 Å². The van der Waals surface area contributed by atoms with E-state index < -0.39 is 10.0 Å². The smallest absolute Gasteiger partial charge is 0.243 e. The number of benzene rings is 2. The number of nitrogens with zero attached hydrogens (tertiary/aromatic N) is 3. The minimum atomic E-state index is -3.51. The first kappa shape index (κ1) is 22.3. The predicted molar refractivity (Wildman–Crippen MR) is 135 cm³/mol. The highest BCUT2D eigenvalue weighted by Gasteiger charge is 2.28. The van der Waals surface area contributed by atoms with Gasteiger partial charge >= 0.3 is 0 Å². The number of anilines is 2. The molecule has 3 heterocycles. The fourth-order valence-electron chi connectivity index (χ4n) is 4.03. The van der Waals surface area contributed by atoms with Crippen molar-refractivity contribution in [1.82, 2.24) is 19.3 Å². The SMILES string of the molecule is NC1CCN(S(=O)(=O)c2ccc(Nc3ncc(/C=C/c4cccc5[nH]ccc45)cn3)cc2)CC1. The average Bonchev–Trinajstić information content (AvgIpc) is 3.34. The number of sulfonamides is 1. The molecule has 0 amide bonds. The molecular weight excluding hydrogens is 448 g/mol. The minimum absolute atomic E-state index is 0.0772. The summed E-state index contributed by atoms with van der Waals surface area (Å²) in [6.07, 6.45) is 10.8. The van der Waals surface area contributed by atoms with Crippen LogP contribution in [0.25, 0.3) is 23.1 Å². The molecule has 9 heteroatoms. The van der Waals surface area contributed by atoms with E-state index in [1.807, 2.05) is 30.5 Å². The number of aromatic amines is 1. The van der Waals surface area contributed by atoms with E-state index in [4.69, 9.17) is 5.73 Å². The number of rotatable bonds is 6. The Morgan fingerprint density at radius 2 is 1.74 bits per heavy atom. The molecule has 1 aliphatic heterocycles. The molecule has 5 rings (SSSR count). The summed E-state index contributed by atoms with van der Waals surface area (Å²) in [4.78, 5) is 12.2. The Bertz CT molecular complexity index is 1400. The summed E-state index contributed by atoms with van der Waals surface area (Å²) in [5, 5.41) is 4.27. The summed E-state index contributed by atoms with van der Waals surface area (Å²) < 4.78 is 27.2. The van der Waals surface area contributed by atoms with Crippen molar-refractivity contribution in [2.45, 2.75) is 23.8 Å². The lowest BCUT2D eigenvalue weighted by Gasteiger charge is -2.29. The van der Waals surface area contributed by atoms with E-state index in [9.17, 15) is 8.42 Å². The van der Waals surface area contributed by atoms with E-state index in [0.29, 0.717) is 37.6 Å². The Kier molecular flexibility index (Phi) is 6.14. The Balaban J connectivity index is 1.24. The molecule has 4 N–H and O–H groups in total. The molecule has 1 fully saturated rings. The van der Waals surface area contributed by atoms with E-state index in [1.165, 1.54) is 4.31 Å². The van der Waals surface area contributed by atoms with Crippen LogP contribution in [-0.4, -0.2) is 46.8 Å². The lowest BCUT2D eigenvalue weighted by Crippen LogP contribution is -2.42. The highest BCUT2D eigenvalue weighted by atomic mass is 32.2. The van der Waals surface area contributed by atoms with Gasteiger partial charge in [-0.3, -0.25) is 0 Å². The molecule has 34 heavy (non-hydrogen) atoms. The normalized spacial score (nSPS) is 15.8. The molecule has 8 nitrogen and oxygen atoms in total. The molecule has 4 aromatic rings. The third-order valence-electron chi connectivity index (χ3n) is 6.00. The number of hydrogen-bond acceptors (Lipinski definition) is 6. The van der Waals surface area contributed by atoms with Crippen LogP contribution in [0, 0.1) is 0 Å². The Labute approximate surface area is 198 Å². The van der Waals surface area contributed by atoms with Gasteiger partial charge in [0.2, 0.25) is 16.0 Å². The summed E-state index contributed by atoms with van der Waals surface area (Å²) in [6, 6.07) is 14.9. The Morgan fingerprint density at radius 1 is 1.00 bits per heavy atom. The molecule has 0 atom stereocenters. The zero-order chi connectivity index (χ0) is 23.5. The van der Waals surface area contributed by atoms with Crippen molar-refractivity contribution < 1.29 is 8.42 Å². The van der Waals surface area contributed by atoms with Crippen LogP contribution in [0.2, 0.25) is 0 Å². The maximum Gasteiger partial charge on any atom is 0.243 e. The minimum Gasteiger partial charge on any atom is -0.361 e. The van der Waals surface area contributed by atoms with Gasteiger partial charge in [0, 0.05) is 59.9 Å². The second-order valence-corrected chi connectivity index (χ2v) is 10.3. The lowest BCUT2D eigenvalue weighted by molar-refractivity contribution is 0.320.